The molecule has 1 N–H and O–H groups in total. The number of benzene rings is 1. The number of carboxylic acids is 1. The van der Waals surface area contributed by atoms with Crippen LogP contribution in [0.25, 0.3) is 0 Å². The molecule has 1 atom stereocenters. The Morgan fingerprint density at radius 3 is 2.28 bits per heavy atom. The second kappa shape index (κ2) is 4.89. The number of sulfone groups is 1. The van der Waals surface area contributed by atoms with Crippen LogP contribution in [0, 0.1) is 6.92 Å². The van der Waals surface area contributed by atoms with Crippen LogP contribution in [0.5, 0.6) is 0 Å². The zero-order valence-electron chi connectivity index (χ0n) is 10.3. The Hall–Kier alpha value is -1.69. The molecule has 0 spiro atoms. The van der Waals surface area contributed by atoms with Crippen LogP contribution >= 0.6 is 0 Å². The Balaban J connectivity index is 3.45. The Morgan fingerprint density at radius 1 is 1.28 bits per heavy atom. The first kappa shape index (κ1) is 14.4. The number of carbonyl (C=O) groups excluding carboxylic acids is 1. The van der Waals surface area contributed by atoms with Crippen molar-refractivity contribution in [3.63, 3.8) is 0 Å². The largest absolute Gasteiger partial charge is 0.478 e. The van der Waals surface area contributed by atoms with E-state index in [1.165, 1.54) is 26.0 Å². The number of hydrogen-bond acceptors (Lipinski definition) is 4. The lowest BCUT2D eigenvalue weighted by Crippen LogP contribution is -2.26. The summed E-state index contributed by atoms with van der Waals surface area (Å²) in [6, 6.07) is 3.84. The fourth-order valence-corrected chi connectivity index (χ4v) is 3.07. The normalized spacial score (nSPS) is 13.1. The fourth-order valence-electron chi connectivity index (χ4n) is 1.45. The van der Waals surface area contributed by atoms with Gasteiger partial charge in [-0.2, -0.15) is 0 Å². The van der Waals surface area contributed by atoms with E-state index in [1.54, 1.807) is 6.92 Å². The highest BCUT2D eigenvalue weighted by Gasteiger charge is 2.29. The molecule has 0 amide bonds. The molecule has 1 unspecified atom stereocenters. The van der Waals surface area contributed by atoms with Gasteiger partial charge in [-0.05, 0) is 38.5 Å². The van der Waals surface area contributed by atoms with Gasteiger partial charge in [-0.3, -0.25) is 4.79 Å². The van der Waals surface area contributed by atoms with Gasteiger partial charge in [0.05, 0.1) is 10.5 Å². The molecule has 0 aliphatic heterocycles. The van der Waals surface area contributed by atoms with Crippen LogP contribution in [0.4, 0.5) is 0 Å². The van der Waals surface area contributed by atoms with Crippen molar-refractivity contribution in [3.05, 3.63) is 29.3 Å². The molecule has 0 saturated heterocycles. The van der Waals surface area contributed by atoms with Gasteiger partial charge in [-0.15, -0.1) is 0 Å². The minimum atomic E-state index is -3.84. The van der Waals surface area contributed by atoms with E-state index in [2.05, 4.69) is 0 Å². The predicted octanol–water partition coefficient (Wildman–Crippen LogP) is 1.44. The highest BCUT2D eigenvalue weighted by atomic mass is 32.2. The van der Waals surface area contributed by atoms with Crippen molar-refractivity contribution in [2.75, 3.05) is 0 Å². The first-order valence-corrected chi connectivity index (χ1v) is 6.81. The van der Waals surface area contributed by atoms with Crippen LogP contribution in [-0.4, -0.2) is 30.5 Å². The molecular formula is C12H14O5S. The van der Waals surface area contributed by atoms with Crippen molar-refractivity contribution in [3.8, 4) is 0 Å². The van der Waals surface area contributed by atoms with Crippen LogP contribution in [0.15, 0.2) is 23.1 Å². The van der Waals surface area contributed by atoms with Crippen LogP contribution in [0.3, 0.4) is 0 Å². The Bertz CT molecular complexity index is 601. The molecule has 1 rings (SSSR count). The maximum atomic E-state index is 12.2. The first-order chi connectivity index (χ1) is 8.17. The van der Waals surface area contributed by atoms with Crippen molar-refractivity contribution < 1.29 is 23.1 Å². The summed E-state index contributed by atoms with van der Waals surface area (Å²) in [5, 5.41) is 7.67. The third-order valence-corrected chi connectivity index (χ3v) is 5.10. The average Bonchev–Trinajstić information content (AvgIpc) is 2.27. The molecule has 0 aliphatic carbocycles. The van der Waals surface area contributed by atoms with Gasteiger partial charge in [-0.1, -0.05) is 6.07 Å². The molecule has 0 aromatic heterocycles. The number of ketones is 1. The molecular weight excluding hydrogens is 256 g/mol. The predicted molar refractivity (Wildman–Crippen MR) is 65.5 cm³/mol. The Labute approximate surface area is 105 Å². The van der Waals surface area contributed by atoms with Gasteiger partial charge in [0.25, 0.3) is 0 Å². The lowest BCUT2D eigenvalue weighted by atomic mass is 10.1. The third-order valence-electron chi connectivity index (χ3n) is 2.78. The molecule has 5 nitrogen and oxygen atoms in total. The van der Waals surface area contributed by atoms with Gasteiger partial charge in [0, 0.05) is 0 Å². The summed E-state index contributed by atoms with van der Waals surface area (Å²) in [7, 11) is -3.84. The van der Waals surface area contributed by atoms with Gasteiger partial charge < -0.3 is 5.11 Å². The number of hydrogen-bond donors (Lipinski definition) is 1. The molecule has 6 heteroatoms. The molecule has 0 radical (unpaired) electrons. The van der Waals surface area contributed by atoms with Crippen LogP contribution < -0.4 is 0 Å². The van der Waals surface area contributed by atoms with E-state index in [-0.39, 0.29) is 10.5 Å². The lowest BCUT2D eigenvalue weighted by Gasteiger charge is -2.12. The molecule has 0 heterocycles. The Kier molecular flexibility index (Phi) is 3.91. The number of aryl methyl sites for hydroxylation is 1. The molecule has 0 saturated carbocycles. The number of carboxylic acid groups (broad SMARTS) is 1. The van der Waals surface area contributed by atoms with Crippen LogP contribution in [0.1, 0.15) is 29.8 Å². The smallest absolute Gasteiger partial charge is 0.335 e. The average molecular weight is 270 g/mol. The van der Waals surface area contributed by atoms with Gasteiger partial charge >= 0.3 is 5.97 Å². The molecule has 1 aromatic rings. The van der Waals surface area contributed by atoms with Gasteiger partial charge in [0.15, 0.2) is 9.84 Å². The third kappa shape index (κ3) is 2.59. The van der Waals surface area contributed by atoms with Crippen molar-refractivity contribution in [1.29, 1.82) is 0 Å². The molecule has 1 aromatic carbocycles. The van der Waals surface area contributed by atoms with Crippen molar-refractivity contribution in [2.45, 2.75) is 30.9 Å². The minimum absolute atomic E-state index is 0.106. The zero-order valence-corrected chi connectivity index (χ0v) is 11.1. The van der Waals surface area contributed by atoms with Crippen molar-refractivity contribution in [1.82, 2.24) is 0 Å². The Morgan fingerprint density at radius 2 is 1.83 bits per heavy atom. The molecule has 0 bridgehead atoms. The van der Waals surface area contributed by atoms with Crippen molar-refractivity contribution >= 4 is 21.6 Å². The van der Waals surface area contributed by atoms with Crippen LogP contribution in [-0.2, 0) is 14.6 Å². The SMILES string of the molecule is CC(=O)C(C)S(=O)(=O)c1cc(C(=O)O)ccc1C. The van der Waals surface area contributed by atoms with E-state index in [1.807, 2.05) is 0 Å². The maximum Gasteiger partial charge on any atom is 0.335 e. The quantitative estimate of drug-likeness (QED) is 0.894. The summed E-state index contributed by atoms with van der Waals surface area (Å²) in [6.07, 6.45) is 0. The van der Waals surface area contributed by atoms with E-state index >= 15 is 0 Å². The summed E-state index contributed by atoms with van der Waals surface area (Å²) in [4.78, 5) is 21.9. The summed E-state index contributed by atoms with van der Waals surface area (Å²) in [5.41, 5.74) is 0.308. The van der Waals surface area contributed by atoms with Gasteiger partial charge in [0.2, 0.25) is 0 Å². The summed E-state index contributed by atoms with van der Waals surface area (Å²) < 4.78 is 24.3. The number of Topliss-reactive ketones (excluding diaryl/α,β-unsaturated/α-hetero) is 1. The topological polar surface area (TPSA) is 88.5 Å². The summed E-state index contributed by atoms with van der Waals surface area (Å²) in [5.74, 6) is -1.68. The molecule has 0 fully saturated rings. The molecule has 18 heavy (non-hydrogen) atoms. The standard InChI is InChI=1S/C12H14O5S/c1-7-4-5-10(12(14)15)6-11(7)18(16,17)9(3)8(2)13/h4-6,9H,1-3H3,(H,14,15). The van der Waals surface area contributed by atoms with E-state index in [0.29, 0.717) is 5.56 Å². The second-order valence-corrected chi connectivity index (χ2v) is 6.32. The summed E-state index contributed by atoms with van der Waals surface area (Å²) >= 11 is 0. The van der Waals surface area contributed by atoms with Gasteiger partial charge in [0.1, 0.15) is 11.0 Å². The van der Waals surface area contributed by atoms with E-state index in [9.17, 15) is 18.0 Å². The summed E-state index contributed by atoms with van der Waals surface area (Å²) in [6.45, 7) is 4.05. The number of carbonyl (C=O) groups is 2. The monoisotopic (exact) mass is 270 g/mol. The minimum Gasteiger partial charge on any atom is -0.478 e. The highest BCUT2D eigenvalue weighted by Crippen LogP contribution is 2.22. The molecule has 98 valence electrons. The molecule has 0 aliphatic rings. The van der Waals surface area contributed by atoms with E-state index < -0.39 is 26.8 Å². The van der Waals surface area contributed by atoms with Gasteiger partial charge in [-0.25, -0.2) is 13.2 Å². The second-order valence-electron chi connectivity index (χ2n) is 4.08. The first-order valence-electron chi connectivity index (χ1n) is 5.26. The van der Waals surface area contributed by atoms with E-state index in [0.717, 1.165) is 6.07 Å². The lowest BCUT2D eigenvalue weighted by molar-refractivity contribution is -0.116. The van der Waals surface area contributed by atoms with Crippen LogP contribution in [0.2, 0.25) is 0 Å². The number of rotatable bonds is 4. The van der Waals surface area contributed by atoms with E-state index in [4.69, 9.17) is 5.11 Å². The fraction of sp³-hybridized carbons (Fsp3) is 0.333. The van der Waals surface area contributed by atoms with Crippen molar-refractivity contribution in [2.24, 2.45) is 0 Å². The maximum absolute atomic E-state index is 12.2. The zero-order chi connectivity index (χ0) is 14.1. The highest BCUT2D eigenvalue weighted by molar-refractivity contribution is 7.92. The number of aromatic carboxylic acids is 1.